The highest BCUT2D eigenvalue weighted by molar-refractivity contribution is 6.32. The van der Waals surface area contributed by atoms with Crippen LogP contribution in [0.2, 0.25) is 5.02 Å². The first-order chi connectivity index (χ1) is 6.27. The normalized spacial score (nSPS) is 15.3. The van der Waals surface area contributed by atoms with Crippen LogP contribution in [0.3, 0.4) is 0 Å². The Balaban J connectivity index is 2.36. The number of hydrogen-bond donors (Lipinski definition) is 1. The summed E-state index contributed by atoms with van der Waals surface area (Å²) in [5.41, 5.74) is 0.763. The first kappa shape index (κ1) is 8.38. The zero-order chi connectivity index (χ0) is 9.26. The first-order valence-electron chi connectivity index (χ1n) is 3.93. The van der Waals surface area contributed by atoms with E-state index in [0.717, 1.165) is 5.56 Å². The van der Waals surface area contributed by atoms with E-state index >= 15 is 0 Å². The van der Waals surface area contributed by atoms with Crippen LogP contribution in [-0.4, -0.2) is 24.2 Å². The standard InChI is InChI=1S/C9H8ClNO2/c10-7-2-1-6(5-8(7)12)9-11-3-4-13-9/h1-2,5,12H,3-4H2. The van der Waals surface area contributed by atoms with Gasteiger partial charge in [-0.05, 0) is 18.2 Å². The number of halogens is 1. The Morgan fingerprint density at radius 3 is 2.92 bits per heavy atom. The third kappa shape index (κ3) is 1.60. The van der Waals surface area contributed by atoms with E-state index in [-0.39, 0.29) is 5.75 Å². The van der Waals surface area contributed by atoms with Gasteiger partial charge in [0.25, 0.3) is 0 Å². The predicted octanol–water partition coefficient (Wildman–Crippen LogP) is 1.82. The summed E-state index contributed by atoms with van der Waals surface area (Å²) in [6.45, 7) is 1.29. The van der Waals surface area contributed by atoms with Gasteiger partial charge in [0.15, 0.2) is 0 Å². The third-order valence-corrected chi connectivity index (χ3v) is 2.10. The van der Waals surface area contributed by atoms with Crippen LogP contribution in [0, 0.1) is 0 Å². The summed E-state index contributed by atoms with van der Waals surface area (Å²) in [5.74, 6) is 0.629. The first-order valence-corrected chi connectivity index (χ1v) is 4.31. The fourth-order valence-electron chi connectivity index (χ4n) is 1.16. The molecule has 1 aliphatic heterocycles. The second-order valence-electron chi connectivity index (χ2n) is 2.70. The lowest BCUT2D eigenvalue weighted by Crippen LogP contribution is -2.00. The molecule has 0 aromatic heterocycles. The van der Waals surface area contributed by atoms with Crippen LogP contribution >= 0.6 is 11.6 Å². The van der Waals surface area contributed by atoms with E-state index in [2.05, 4.69) is 4.99 Å². The number of ether oxygens (including phenoxy) is 1. The largest absolute Gasteiger partial charge is 0.506 e. The number of benzene rings is 1. The van der Waals surface area contributed by atoms with E-state index in [1.54, 1.807) is 18.2 Å². The van der Waals surface area contributed by atoms with Crippen LogP contribution in [0.25, 0.3) is 0 Å². The van der Waals surface area contributed by atoms with Crippen LogP contribution in [0.15, 0.2) is 23.2 Å². The number of phenols is 1. The Hall–Kier alpha value is -1.22. The van der Waals surface area contributed by atoms with Crippen molar-refractivity contribution in [3.8, 4) is 5.75 Å². The van der Waals surface area contributed by atoms with Crippen LogP contribution in [0.5, 0.6) is 5.75 Å². The molecule has 1 heterocycles. The minimum Gasteiger partial charge on any atom is -0.506 e. The van der Waals surface area contributed by atoms with Crippen molar-refractivity contribution in [2.24, 2.45) is 4.99 Å². The maximum atomic E-state index is 9.32. The van der Waals surface area contributed by atoms with Crippen molar-refractivity contribution in [2.75, 3.05) is 13.2 Å². The number of phenolic OH excluding ortho intramolecular Hbond substituents is 1. The maximum Gasteiger partial charge on any atom is 0.216 e. The smallest absolute Gasteiger partial charge is 0.216 e. The van der Waals surface area contributed by atoms with Gasteiger partial charge >= 0.3 is 0 Å². The molecular formula is C9H8ClNO2. The van der Waals surface area contributed by atoms with Crippen molar-refractivity contribution in [1.29, 1.82) is 0 Å². The molecule has 0 radical (unpaired) electrons. The topological polar surface area (TPSA) is 41.8 Å². The minimum absolute atomic E-state index is 0.0531. The van der Waals surface area contributed by atoms with Gasteiger partial charge in [-0.1, -0.05) is 11.6 Å². The van der Waals surface area contributed by atoms with Gasteiger partial charge in [-0.15, -0.1) is 0 Å². The minimum atomic E-state index is 0.0531. The van der Waals surface area contributed by atoms with E-state index < -0.39 is 0 Å². The lowest BCUT2D eigenvalue weighted by molar-refractivity contribution is 0.348. The molecule has 2 rings (SSSR count). The Kier molecular flexibility index (Phi) is 2.10. The Labute approximate surface area is 80.6 Å². The lowest BCUT2D eigenvalue weighted by Gasteiger charge is -2.02. The van der Waals surface area contributed by atoms with Crippen molar-refractivity contribution in [1.82, 2.24) is 0 Å². The van der Waals surface area contributed by atoms with Crippen LogP contribution in [0.4, 0.5) is 0 Å². The van der Waals surface area contributed by atoms with Crippen LogP contribution in [-0.2, 0) is 4.74 Å². The van der Waals surface area contributed by atoms with Gasteiger partial charge in [0, 0.05) is 5.56 Å². The van der Waals surface area contributed by atoms with Crippen LogP contribution < -0.4 is 0 Å². The van der Waals surface area contributed by atoms with Crippen molar-refractivity contribution < 1.29 is 9.84 Å². The summed E-state index contributed by atoms with van der Waals surface area (Å²) < 4.78 is 5.23. The maximum absolute atomic E-state index is 9.32. The number of aliphatic imine (C=N–C) groups is 1. The van der Waals surface area contributed by atoms with Gasteiger partial charge in [0.05, 0.1) is 11.6 Å². The molecule has 0 saturated carbocycles. The molecule has 1 aliphatic rings. The summed E-state index contributed by atoms with van der Waals surface area (Å²) in [4.78, 5) is 4.12. The fraction of sp³-hybridized carbons (Fsp3) is 0.222. The van der Waals surface area contributed by atoms with Gasteiger partial charge in [0.2, 0.25) is 5.90 Å². The molecule has 68 valence electrons. The molecule has 0 atom stereocenters. The third-order valence-electron chi connectivity index (χ3n) is 1.78. The molecule has 4 heteroatoms. The molecule has 0 unspecified atom stereocenters. The highest BCUT2D eigenvalue weighted by Crippen LogP contribution is 2.24. The van der Waals surface area contributed by atoms with Crippen molar-refractivity contribution >= 4 is 17.5 Å². The highest BCUT2D eigenvalue weighted by Gasteiger charge is 2.11. The molecular weight excluding hydrogens is 190 g/mol. The molecule has 0 fully saturated rings. The number of nitrogens with zero attached hydrogens (tertiary/aromatic N) is 1. The molecule has 1 aromatic carbocycles. The lowest BCUT2D eigenvalue weighted by atomic mass is 10.2. The van der Waals surface area contributed by atoms with Gasteiger partial charge < -0.3 is 9.84 Å². The van der Waals surface area contributed by atoms with Crippen LogP contribution in [0.1, 0.15) is 5.56 Å². The highest BCUT2D eigenvalue weighted by atomic mass is 35.5. The van der Waals surface area contributed by atoms with E-state index in [9.17, 15) is 5.11 Å². The van der Waals surface area contributed by atoms with Gasteiger partial charge in [-0.3, -0.25) is 0 Å². The van der Waals surface area contributed by atoms with E-state index in [4.69, 9.17) is 16.3 Å². The Morgan fingerprint density at radius 1 is 1.46 bits per heavy atom. The fourth-order valence-corrected chi connectivity index (χ4v) is 1.27. The summed E-state index contributed by atoms with van der Waals surface area (Å²) in [6.07, 6.45) is 0. The average Bonchev–Trinajstić information content (AvgIpc) is 2.62. The molecule has 0 amide bonds. The summed E-state index contributed by atoms with van der Waals surface area (Å²) in [5, 5.41) is 9.65. The average molecular weight is 198 g/mol. The summed E-state index contributed by atoms with van der Waals surface area (Å²) in [6, 6.07) is 4.94. The summed E-state index contributed by atoms with van der Waals surface area (Å²) in [7, 11) is 0. The monoisotopic (exact) mass is 197 g/mol. The van der Waals surface area contributed by atoms with E-state index in [0.29, 0.717) is 24.1 Å². The van der Waals surface area contributed by atoms with Crippen molar-refractivity contribution in [3.05, 3.63) is 28.8 Å². The predicted molar refractivity (Wildman–Crippen MR) is 50.5 cm³/mol. The molecule has 13 heavy (non-hydrogen) atoms. The zero-order valence-corrected chi connectivity index (χ0v) is 7.58. The molecule has 0 saturated heterocycles. The molecule has 0 bridgehead atoms. The molecule has 0 spiro atoms. The van der Waals surface area contributed by atoms with Crippen molar-refractivity contribution in [2.45, 2.75) is 0 Å². The number of hydrogen-bond acceptors (Lipinski definition) is 3. The number of rotatable bonds is 1. The van der Waals surface area contributed by atoms with Gasteiger partial charge in [-0.2, -0.15) is 0 Å². The molecule has 3 nitrogen and oxygen atoms in total. The molecule has 0 aliphatic carbocycles. The Bertz CT molecular complexity index is 363. The van der Waals surface area contributed by atoms with Crippen molar-refractivity contribution in [3.63, 3.8) is 0 Å². The molecule has 1 aromatic rings. The second-order valence-corrected chi connectivity index (χ2v) is 3.11. The van der Waals surface area contributed by atoms with E-state index in [1.165, 1.54) is 0 Å². The molecule has 1 N–H and O–H groups in total. The number of aromatic hydroxyl groups is 1. The van der Waals surface area contributed by atoms with E-state index in [1.807, 2.05) is 0 Å². The Morgan fingerprint density at radius 2 is 2.31 bits per heavy atom. The zero-order valence-electron chi connectivity index (χ0n) is 6.83. The second kappa shape index (κ2) is 3.26. The summed E-state index contributed by atoms with van der Waals surface area (Å²) >= 11 is 5.66. The quantitative estimate of drug-likeness (QED) is 0.746. The SMILES string of the molecule is Oc1cc(C2=NCCO2)ccc1Cl. The van der Waals surface area contributed by atoms with Gasteiger partial charge in [-0.25, -0.2) is 4.99 Å². The van der Waals surface area contributed by atoms with Gasteiger partial charge in [0.1, 0.15) is 12.4 Å².